The molecule has 1 aromatic carbocycles. The van der Waals surface area contributed by atoms with E-state index in [0.717, 1.165) is 42.9 Å². The fourth-order valence-corrected chi connectivity index (χ4v) is 2.69. The van der Waals surface area contributed by atoms with Gasteiger partial charge in [-0.05, 0) is 48.4 Å². The van der Waals surface area contributed by atoms with Gasteiger partial charge in [0, 0.05) is 18.1 Å². The van der Waals surface area contributed by atoms with Gasteiger partial charge in [-0.25, -0.2) is 0 Å². The standard InChI is InChI=1S/C16H18N2O/c17-15-7-9-18-11-13(15)6-5-12-8-10-19-16-4-2-1-3-14(12)16/h1-4,7,9,11-12H,5-6,8,10H2,(H2,17,18). The molecule has 0 spiro atoms. The SMILES string of the molecule is Nc1ccncc1CCC1CCOc2ccccc21. The van der Waals surface area contributed by atoms with Crippen molar-refractivity contribution in [2.24, 2.45) is 0 Å². The van der Waals surface area contributed by atoms with Crippen molar-refractivity contribution >= 4 is 5.69 Å². The van der Waals surface area contributed by atoms with Crippen molar-refractivity contribution < 1.29 is 4.74 Å². The van der Waals surface area contributed by atoms with Crippen LogP contribution >= 0.6 is 0 Å². The van der Waals surface area contributed by atoms with Gasteiger partial charge in [0.2, 0.25) is 0 Å². The number of nitrogens with zero attached hydrogens (tertiary/aromatic N) is 1. The van der Waals surface area contributed by atoms with Gasteiger partial charge in [0.05, 0.1) is 6.61 Å². The minimum atomic E-state index is 0.560. The third kappa shape index (κ3) is 2.55. The summed E-state index contributed by atoms with van der Waals surface area (Å²) in [5.74, 6) is 1.60. The van der Waals surface area contributed by atoms with Crippen LogP contribution in [0.15, 0.2) is 42.7 Å². The minimum Gasteiger partial charge on any atom is -0.493 e. The minimum absolute atomic E-state index is 0.560. The summed E-state index contributed by atoms with van der Waals surface area (Å²) in [6, 6.07) is 10.2. The van der Waals surface area contributed by atoms with Gasteiger partial charge in [-0.3, -0.25) is 4.98 Å². The highest BCUT2D eigenvalue weighted by atomic mass is 16.5. The van der Waals surface area contributed by atoms with Gasteiger partial charge in [0.1, 0.15) is 5.75 Å². The van der Waals surface area contributed by atoms with E-state index in [1.807, 2.05) is 18.3 Å². The van der Waals surface area contributed by atoms with E-state index in [4.69, 9.17) is 10.5 Å². The predicted octanol–water partition coefficient (Wildman–Crippen LogP) is 3.16. The molecule has 2 N–H and O–H groups in total. The Bertz CT molecular complexity index is 568. The molecule has 1 aromatic heterocycles. The number of fused-ring (bicyclic) bond motifs is 1. The van der Waals surface area contributed by atoms with E-state index >= 15 is 0 Å². The number of benzene rings is 1. The molecule has 3 heteroatoms. The lowest BCUT2D eigenvalue weighted by Gasteiger charge is -2.25. The van der Waals surface area contributed by atoms with Crippen molar-refractivity contribution in [2.45, 2.75) is 25.2 Å². The molecular formula is C16H18N2O. The van der Waals surface area contributed by atoms with Crippen molar-refractivity contribution in [3.05, 3.63) is 53.9 Å². The first-order valence-corrected chi connectivity index (χ1v) is 6.74. The van der Waals surface area contributed by atoms with E-state index in [2.05, 4.69) is 23.2 Å². The number of pyridine rings is 1. The van der Waals surface area contributed by atoms with Crippen LogP contribution in [0.25, 0.3) is 0 Å². The topological polar surface area (TPSA) is 48.1 Å². The predicted molar refractivity (Wildman–Crippen MR) is 76.3 cm³/mol. The Morgan fingerprint density at radius 1 is 1.26 bits per heavy atom. The van der Waals surface area contributed by atoms with Crippen LogP contribution in [0.5, 0.6) is 5.75 Å². The van der Waals surface area contributed by atoms with Crippen LogP contribution < -0.4 is 10.5 Å². The van der Waals surface area contributed by atoms with E-state index in [0.29, 0.717) is 5.92 Å². The molecule has 0 bridgehead atoms. The Labute approximate surface area is 113 Å². The van der Waals surface area contributed by atoms with Gasteiger partial charge in [0.15, 0.2) is 0 Å². The first-order valence-electron chi connectivity index (χ1n) is 6.74. The highest BCUT2D eigenvalue weighted by Crippen LogP contribution is 2.36. The molecule has 0 amide bonds. The van der Waals surface area contributed by atoms with Gasteiger partial charge in [-0.2, -0.15) is 0 Å². The molecular weight excluding hydrogens is 236 g/mol. The lowest BCUT2D eigenvalue weighted by atomic mass is 9.88. The summed E-state index contributed by atoms with van der Waals surface area (Å²) in [5.41, 5.74) is 9.28. The molecule has 98 valence electrons. The molecule has 0 radical (unpaired) electrons. The van der Waals surface area contributed by atoms with E-state index in [1.54, 1.807) is 6.20 Å². The lowest BCUT2D eigenvalue weighted by Crippen LogP contribution is -2.15. The molecule has 19 heavy (non-hydrogen) atoms. The average Bonchev–Trinajstić information content (AvgIpc) is 2.46. The zero-order valence-electron chi connectivity index (χ0n) is 10.9. The second kappa shape index (κ2) is 5.31. The van der Waals surface area contributed by atoms with E-state index in [9.17, 15) is 0 Å². The molecule has 1 unspecified atom stereocenters. The van der Waals surface area contributed by atoms with Crippen molar-refractivity contribution in [2.75, 3.05) is 12.3 Å². The zero-order valence-corrected chi connectivity index (χ0v) is 10.9. The van der Waals surface area contributed by atoms with Crippen LogP contribution in [-0.4, -0.2) is 11.6 Å². The largest absolute Gasteiger partial charge is 0.493 e. The third-order valence-corrected chi connectivity index (χ3v) is 3.79. The van der Waals surface area contributed by atoms with Crippen molar-refractivity contribution in [3.8, 4) is 5.75 Å². The summed E-state index contributed by atoms with van der Waals surface area (Å²) in [6.45, 7) is 0.810. The van der Waals surface area contributed by atoms with Crippen LogP contribution in [0.1, 0.15) is 29.9 Å². The fourth-order valence-electron chi connectivity index (χ4n) is 2.69. The number of nitrogen functional groups attached to an aromatic ring is 1. The van der Waals surface area contributed by atoms with Crippen molar-refractivity contribution in [1.82, 2.24) is 4.98 Å². The smallest absolute Gasteiger partial charge is 0.122 e. The quantitative estimate of drug-likeness (QED) is 0.915. The maximum Gasteiger partial charge on any atom is 0.122 e. The Morgan fingerprint density at radius 3 is 3.05 bits per heavy atom. The molecule has 3 rings (SSSR count). The number of rotatable bonds is 3. The second-order valence-corrected chi connectivity index (χ2v) is 4.99. The summed E-state index contributed by atoms with van der Waals surface area (Å²) in [7, 11) is 0. The second-order valence-electron chi connectivity index (χ2n) is 4.99. The monoisotopic (exact) mass is 254 g/mol. The summed E-state index contributed by atoms with van der Waals surface area (Å²) in [4.78, 5) is 4.15. The molecule has 3 nitrogen and oxygen atoms in total. The van der Waals surface area contributed by atoms with E-state index < -0.39 is 0 Å². The first-order chi connectivity index (χ1) is 9.34. The lowest BCUT2D eigenvalue weighted by molar-refractivity contribution is 0.263. The van der Waals surface area contributed by atoms with Crippen molar-refractivity contribution in [1.29, 1.82) is 0 Å². The normalized spacial score (nSPS) is 17.6. The van der Waals surface area contributed by atoms with E-state index in [1.165, 1.54) is 5.56 Å². The van der Waals surface area contributed by atoms with E-state index in [-0.39, 0.29) is 0 Å². The number of para-hydroxylation sites is 1. The van der Waals surface area contributed by atoms with Gasteiger partial charge in [0.25, 0.3) is 0 Å². The maximum atomic E-state index is 5.97. The summed E-state index contributed by atoms with van der Waals surface area (Å²) >= 11 is 0. The molecule has 0 fully saturated rings. The number of aryl methyl sites for hydroxylation is 1. The number of hydrogen-bond donors (Lipinski definition) is 1. The van der Waals surface area contributed by atoms with Crippen molar-refractivity contribution in [3.63, 3.8) is 0 Å². The molecule has 2 heterocycles. The number of nitrogens with two attached hydrogens (primary N) is 1. The molecule has 0 saturated heterocycles. The molecule has 0 saturated carbocycles. The first kappa shape index (κ1) is 12.0. The number of aromatic nitrogens is 1. The molecule has 1 aliphatic heterocycles. The van der Waals surface area contributed by atoms with Gasteiger partial charge < -0.3 is 10.5 Å². The third-order valence-electron chi connectivity index (χ3n) is 3.79. The molecule has 1 atom stereocenters. The summed E-state index contributed by atoms with van der Waals surface area (Å²) < 4.78 is 5.69. The van der Waals surface area contributed by atoms with Gasteiger partial charge in [-0.15, -0.1) is 0 Å². The average molecular weight is 254 g/mol. The van der Waals surface area contributed by atoms with Crippen LogP contribution in [0.3, 0.4) is 0 Å². The van der Waals surface area contributed by atoms with Gasteiger partial charge >= 0.3 is 0 Å². The van der Waals surface area contributed by atoms with Crippen LogP contribution in [-0.2, 0) is 6.42 Å². The highest BCUT2D eigenvalue weighted by Gasteiger charge is 2.20. The van der Waals surface area contributed by atoms with Gasteiger partial charge in [-0.1, -0.05) is 18.2 Å². The summed E-state index contributed by atoms with van der Waals surface area (Å²) in [6.07, 6.45) is 6.76. The Balaban J connectivity index is 1.73. The van der Waals surface area contributed by atoms with Crippen LogP contribution in [0.2, 0.25) is 0 Å². The summed E-state index contributed by atoms with van der Waals surface area (Å²) in [5, 5.41) is 0. The number of hydrogen-bond acceptors (Lipinski definition) is 3. The molecule has 2 aromatic rings. The Morgan fingerprint density at radius 2 is 2.16 bits per heavy atom. The Hall–Kier alpha value is -2.03. The number of anilines is 1. The maximum absolute atomic E-state index is 5.97. The molecule has 1 aliphatic rings. The Kier molecular flexibility index (Phi) is 3.36. The highest BCUT2D eigenvalue weighted by molar-refractivity contribution is 5.44. The van der Waals surface area contributed by atoms with Crippen LogP contribution in [0.4, 0.5) is 5.69 Å². The zero-order chi connectivity index (χ0) is 13.1. The van der Waals surface area contributed by atoms with Crippen LogP contribution in [0, 0.1) is 0 Å². The fraction of sp³-hybridized carbons (Fsp3) is 0.312. The number of ether oxygens (including phenoxy) is 1. The molecule has 0 aliphatic carbocycles.